The third kappa shape index (κ3) is 2.82. The van der Waals surface area contributed by atoms with Gasteiger partial charge >= 0.3 is 0 Å². The van der Waals surface area contributed by atoms with E-state index in [1.54, 1.807) is 23.9 Å². The van der Waals surface area contributed by atoms with E-state index in [-0.39, 0.29) is 0 Å². The zero-order valence-corrected chi connectivity index (χ0v) is 12.2. The standard InChI is InChI=1S/C15H19N3OS/c16-13(19)11-4-3-5-12(8-11)18-14-17-9-15(10-20-14)6-1-2-7-15/h3-5,8H,1-2,6-7,9-10H2,(H2,16,19)(H,17,18). The van der Waals surface area contributed by atoms with Crippen molar-refractivity contribution in [2.75, 3.05) is 17.6 Å². The summed E-state index contributed by atoms with van der Waals surface area (Å²) in [6, 6.07) is 7.24. The molecule has 1 saturated carbocycles. The average molecular weight is 289 g/mol. The molecule has 2 aliphatic rings. The Labute approximate surface area is 123 Å². The molecule has 1 fully saturated rings. The minimum absolute atomic E-state index is 0.406. The molecule has 1 spiro atoms. The van der Waals surface area contributed by atoms with E-state index in [0.29, 0.717) is 11.0 Å². The summed E-state index contributed by atoms with van der Waals surface area (Å²) in [6.07, 6.45) is 5.32. The second-order valence-corrected chi connectivity index (χ2v) is 6.65. The van der Waals surface area contributed by atoms with E-state index in [1.807, 2.05) is 12.1 Å². The molecule has 0 saturated heterocycles. The molecule has 1 amide bonds. The predicted molar refractivity (Wildman–Crippen MR) is 84.2 cm³/mol. The van der Waals surface area contributed by atoms with Crippen LogP contribution in [0, 0.1) is 5.41 Å². The van der Waals surface area contributed by atoms with Crippen molar-refractivity contribution in [2.24, 2.45) is 16.1 Å². The van der Waals surface area contributed by atoms with Gasteiger partial charge in [-0.25, -0.2) is 0 Å². The Morgan fingerprint density at radius 2 is 2.15 bits per heavy atom. The van der Waals surface area contributed by atoms with Gasteiger partial charge in [0.25, 0.3) is 0 Å². The van der Waals surface area contributed by atoms with E-state index in [2.05, 4.69) is 10.3 Å². The van der Waals surface area contributed by atoms with Crippen molar-refractivity contribution in [3.8, 4) is 0 Å². The van der Waals surface area contributed by atoms with Crippen LogP contribution in [0.2, 0.25) is 0 Å². The summed E-state index contributed by atoms with van der Waals surface area (Å²) in [5.74, 6) is 0.741. The molecule has 4 nitrogen and oxygen atoms in total. The first-order valence-corrected chi connectivity index (χ1v) is 8.00. The van der Waals surface area contributed by atoms with Crippen LogP contribution in [0.3, 0.4) is 0 Å². The van der Waals surface area contributed by atoms with Gasteiger partial charge in [-0.2, -0.15) is 0 Å². The molecule has 20 heavy (non-hydrogen) atoms. The van der Waals surface area contributed by atoms with Gasteiger partial charge < -0.3 is 11.1 Å². The zero-order chi connectivity index (χ0) is 14.0. The first-order chi connectivity index (χ1) is 9.67. The summed E-state index contributed by atoms with van der Waals surface area (Å²) in [7, 11) is 0. The van der Waals surface area contributed by atoms with Gasteiger partial charge in [-0.05, 0) is 36.5 Å². The lowest BCUT2D eigenvalue weighted by atomic mass is 9.89. The number of anilines is 1. The number of nitrogens with two attached hydrogens (primary N) is 1. The van der Waals surface area contributed by atoms with Gasteiger partial charge in [0.2, 0.25) is 5.91 Å². The maximum Gasteiger partial charge on any atom is 0.248 e. The second kappa shape index (κ2) is 5.48. The molecule has 0 radical (unpaired) electrons. The van der Waals surface area contributed by atoms with Gasteiger partial charge in [0.1, 0.15) is 0 Å². The number of carbonyl (C=O) groups is 1. The summed E-state index contributed by atoms with van der Waals surface area (Å²) in [6.45, 7) is 0.928. The van der Waals surface area contributed by atoms with Crippen LogP contribution in [0.1, 0.15) is 36.0 Å². The Bertz CT molecular complexity index is 550. The van der Waals surface area contributed by atoms with E-state index >= 15 is 0 Å². The van der Waals surface area contributed by atoms with Gasteiger partial charge in [-0.15, -0.1) is 0 Å². The van der Waals surface area contributed by atoms with Crippen molar-refractivity contribution in [1.29, 1.82) is 0 Å². The minimum atomic E-state index is -0.406. The molecule has 5 heteroatoms. The number of nitrogens with zero attached hydrogens (tertiary/aromatic N) is 1. The molecule has 0 aromatic heterocycles. The summed E-state index contributed by atoms with van der Waals surface area (Å²) in [4.78, 5) is 15.9. The molecule has 1 aliphatic carbocycles. The summed E-state index contributed by atoms with van der Waals surface area (Å²) < 4.78 is 0. The smallest absolute Gasteiger partial charge is 0.248 e. The summed E-state index contributed by atoms with van der Waals surface area (Å²) in [5, 5.41) is 4.24. The van der Waals surface area contributed by atoms with Gasteiger partial charge in [0, 0.05) is 23.5 Å². The number of nitrogens with one attached hydrogen (secondary N) is 1. The maximum atomic E-state index is 11.2. The highest BCUT2D eigenvalue weighted by molar-refractivity contribution is 8.14. The van der Waals surface area contributed by atoms with E-state index in [0.717, 1.165) is 23.2 Å². The summed E-state index contributed by atoms with van der Waals surface area (Å²) in [5.41, 5.74) is 7.13. The van der Waals surface area contributed by atoms with Crippen LogP contribution in [0.15, 0.2) is 29.3 Å². The molecular formula is C15H19N3OS. The Hall–Kier alpha value is -1.49. The SMILES string of the molecule is NC(=O)c1cccc(NC2=NCC3(CCCC3)CS2)c1. The maximum absolute atomic E-state index is 11.2. The molecule has 0 atom stereocenters. The number of rotatable bonds is 2. The molecule has 1 heterocycles. The Morgan fingerprint density at radius 1 is 1.35 bits per heavy atom. The third-order valence-electron chi connectivity index (χ3n) is 4.14. The number of amidine groups is 1. The van der Waals surface area contributed by atoms with Crippen LogP contribution in [0.5, 0.6) is 0 Å². The summed E-state index contributed by atoms with van der Waals surface area (Å²) >= 11 is 1.79. The molecule has 3 N–H and O–H groups in total. The largest absolute Gasteiger partial charge is 0.366 e. The van der Waals surface area contributed by atoms with Crippen molar-refractivity contribution in [1.82, 2.24) is 0 Å². The molecular weight excluding hydrogens is 270 g/mol. The first-order valence-electron chi connectivity index (χ1n) is 7.01. The monoisotopic (exact) mass is 289 g/mol. The number of carbonyl (C=O) groups excluding carboxylic acids is 1. The van der Waals surface area contributed by atoms with Gasteiger partial charge in [-0.3, -0.25) is 9.79 Å². The van der Waals surface area contributed by atoms with Crippen molar-refractivity contribution >= 4 is 28.5 Å². The van der Waals surface area contributed by atoms with E-state index < -0.39 is 5.91 Å². The number of hydrogen-bond acceptors (Lipinski definition) is 4. The van der Waals surface area contributed by atoms with Crippen molar-refractivity contribution in [2.45, 2.75) is 25.7 Å². The highest BCUT2D eigenvalue weighted by atomic mass is 32.2. The lowest BCUT2D eigenvalue weighted by molar-refractivity contribution is 0.100. The van der Waals surface area contributed by atoms with Crippen LogP contribution in [0.4, 0.5) is 5.69 Å². The van der Waals surface area contributed by atoms with Crippen molar-refractivity contribution in [3.63, 3.8) is 0 Å². The number of amides is 1. The molecule has 1 aromatic rings. The molecule has 0 unspecified atom stereocenters. The fourth-order valence-corrected chi connectivity index (χ4v) is 4.10. The van der Waals surface area contributed by atoms with Crippen molar-refractivity contribution < 1.29 is 4.79 Å². The molecule has 1 aromatic carbocycles. The second-order valence-electron chi connectivity index (χ2n) is 5.69. The average Bonchev–Trinajstić information content (AvgIpc) is 2.90. The number of thioether (sulfide) groups is 1. The number of primary amides is 1. The molecule has 3 rings (SSSR count). The van der Waals surface area contributed by atoms with Crippen LogP contribution in [0.25, 0.3) is 0 Å². The van der Waals surface area contributed by atoms with E-state index in [1.165, 1.54) is 25.7 Å². The zero-order valence-electron chi connectivity index (χ0n) is 11.4. The van der Waals surface area contributed by atoms with Crippen LogP contribution >= 0.6 is 11.8 Å². The quantitative estimate of drug-likeness (QED) is 0.879. The van der Waals surface area contributed by atoms with Gasteiger partial charge in [-0.1, -0.05) is 30.7 Å². The highest BCUT2D eigenvalue weighted by Gasteiger charge is 2.36. The fourth-order valence-electron chi connectivity index (χ4n) is 2.93. The van der Waals surface area contributed by atoms with Crippen LogP contribution in [-0.2, 0) is 0 Å². The Morgan fingerprint density at radius 3 is 2.80 bits per heavy atom. The third-order valence-corrected chi connectivity index (χ3v) is 5.40. The number of hydrogen-bond donors (Lipinski definition) is 2. The normalized spacial score (nSPS) is 20.7. The van der Waals surface area contributed by atoms with Gasteiger partial charge in [0.05, 0.1) is 0 Å². The molecule has 106 valence electrons. The topological polar surface area (TPSA) is 67.5 Å². The lowest BCUT2D eigenvalue weighted by Crippen LogP contribution is -2.30. The molecule has 1 aliphatic heterocycles. The highest BCUT2D eigenvalue weighted by Crippen LogP contribution is 2.43. The fraction of sp³-hybridized carbons (Fsp3) is 0.467. The molecule has 0 bridgehead atoms. The predicted octanol–water partition coefficient (Wildman–Crippen LogP) is 2.86. The number of aliphatic imine (C=N–C) groups is 1. The van der Waals surface area contributed by atoms with Crippen LogP contribution in [-0.4, -0.2) is 23.4 Å². The van der Waals surface area contributed by atoms with Gasteiger partial charge in [0.15, 0.2) is 5.17 Å². The van der Waals surface area contributed by atoms with Crippen LogP contribution < -0.4 is 11.1 Å². The van der Waals surface area contributed by atoms with E-state index in [4.69, 9.17) is 5.73 Å². The first kappa shape index (κ1) is 13.5. The van der Waals surface area contributed by atoms with Crippen molar-refractivity contribution in [3.05, 3.63) is 29.8 Å². The Kier molecular flexibility index (Phi) is 3.70. The van der Waals surface area contributed by atoms with E-state index in [9.17, 15) is 4.79 Å². The minimum Gasteiger partial charge on any atom is -0.366 e. The lowest BCUT2D eigenvalue weighted by Gasteiger charge is -2.31. The number of benzene rings is 1. The Balaban J connectivity index is 1.68.